The highest BCUT2D eigenvalue weighted by atomic mass is 32.2. The molecule has 27 heavy (non-hydrogen) atoms. The Morgan fingerprint density at radius 2 is 1.44 bits per heavy atom. The van der Waals surface area contributed by atoms with Crippen LogP contribution in [0.25, 0.3) is 0 Å². The van der Waals surface area contributed by atoms with E-state index in [9.17, 15) is 13.5 Å². The summed E-state index contributed by atoms with van der Waals surface area (Å²) in [5, 5.41) is 9.96. The SMILES string of the molecule is Cc1ccc([C@]2(c3ccc(O)c(C)c3)OS(=O)(=O)c3ccccc32)cc1C. The molecular formula is C22H20O4S. The number of hydrogen-bond acceptors (Lipinski definition) is 4. The van der Waals surface area contributed by atoms with Crippen LogP contribution in [0.5, 0.6) is 5.75 Å². The third-order valence-corrected chi connectivity index (χ3v) is 6.65. The molecule has 4 nitrogen and oxygen atoms in total. The molecule has 1 atom stereocenters. The number of phenolic OH excluding ortho intramolecular Hbond substituents is 1. The van der Waals surface area contributed by atoms with E-state index >= 15 is 0 Å². The maximum Gasteiger partial charge on any atom is 0.298 e. The molecule has 0 saturated heterocycles. The number of benzene rings is 3. The molecule has 1 N–H and O–H groups in total. The topological polar surface area (TPSA) is 63.6 Å². The summed E-state index contributed by atoms with van der Waals surface area (Å²) in [5.74, 6) is 0.156. The van der Waals surface area contributed by atoms with Crippen molar-refractivity contribution in [2.24, 2.45) is 0 Å². The molecule has 0 aromatic heterocycles. The molecule has 4 rings (SSSR count). The van der Waals surface area contributed by atoms with Crippen molar-refractivity contribution in [1.29, 1.82) is 0 Å². The quantitative estimate of drug-likeness (QED) is 0.672. The van der Waals surface area contributed by atoms with Crippen molar-refractivity contribution >= 4 is 10.1 Å². The average molecular weight is 380 g/mol. The number of aryl methyl sites for hydroxylation is 3. The summed E-state index contributed by atoms with van der Waals surface area (Å²) in [4.78, 5) is 0.175. The van der Waals surface area contributed by atoms with E-state index in [2.05, 4.69) is 0 Å². The van der Waals surface area contributed by atoms with Gasteiger partial charge < -0.3 is 5.11 Å². The molecule has 0 amide bonds. The minimum absolute atomic E-state index is 0.156. The van der Waals surface area contributed by atoms with Gasteiger partial charge in [-0.2, -0.15) is 8.42 Å². The second-order valence-corrected chi connectivity index (χ2v) is 8.53. The molecule has 0 spiro atoms. The second-order valence-electron chi connectivity index (χ2n) is 7.02. The van der Waals surface area contributed by atoms with Crippen molar-refractivity contribution in [1.82, 2.24) is 0 Å². The zero-order chi connectivity index (χ0) is 19.4. The van der Waals surface area contributed by atoms with Gasteiger partial charge in [-0.3, -0.25) is 0 Å². The molecule has 0 unspecified atom stereocenters. The standard InChI is InChI=1S/C22H20O4S/c1-14-8-9-17(12-15(14)2)22(18-10-11-20(23)16(3)13-18)19-6-4-5-7-21(19)27(24,25)26-22/h4-13,23H,1-3H3/t22-/m1/s1. The number of phenols is 1. The molecule has 0 saturated carbocycles. The van der Waals surface area contributed by atoms with E-state index in [0.717, 1.165) is 16.7 Å². The minimum Gasteiger partial charge on any atom is -0.508 e. The van der Waals surface area contributed by atoms with E-state index in [0.29, 0.717) is 16.7 Å². The van der Waals surface area contributed by atoms with Crippen LogP contribution >= 0.6 is 0 Å². The van der Waals surface area contributed by atoms with Gasteiger partial charge in [0.05, 0.1) is 0 Å². The van der Waals surface area contributed by atoms with Gasteiger partial charge in [0.2, 0.25) is 0 Å². The first kappa shape index (κ1) is 17.8. The number of hydrogen-bond donors (Lipinski definition) is 1. The van der Waals surface area contributed by atoms with Gasteiger partial charge in [-0.05, 0) is 66.8 Å². The van der Waals surface area contributed by atoms with Crippen LogP contribution in [0.4, 0.5) is 0 Å². The molecule has 0 aliphatic carbocycles. The largest absolute Gasteiger partial charge is 0.508 e. The van der Waals surface area contributed by atoms with Gasteiger partial charge in [-0.25, -0.2) is 4.18 Å². The minimum atomic E-state index is -3.92. The Bertz CT molecular complexity index is 1110. The van der Waals surface area contributed by atoms with E-state index in [1.165, 1.54) is 0 Å². The summed E-state index contributed by atoms with van der Waals surface area (Å²) in [6.07, 6.45) is 0. The van der Waals surface area contributed by atoms with Gasteiger partial charge in [0, 0.05) is 5.56 Å². The smallest absolute Gasteiger partial charge is 0.298 e. The summed E-state index contributed by atoms with van der Waals surface area (Å²) >= 11 is 0. The Labute approximate surface area is 159 Å². The number of rotatable bonds is 2. The first-order chi connectivity index (χ1) is 12.8. The maximum atomic E-state index is 12.8. The van der Waals surface area contributed by atoms with Gasteiger partial charge in [0.25, 0.3) is 10.1 Å². The first-order valence-electron chi connectivity index (χ1n) is 8.69. The first-order valence-corrected chi connectivity index (χ1v) is 10.1. The molecule has 0 radical (unpaired) electrons. The van der Waals surface area contributed by atoms with Crippen molar-refractivity contribution < 1.29 is 17.7 Å². The van der Waals surface area contributed by atoms with Crippen molar-refractivity contribution in [3.8, 4) is 5.75 Å². The lowest BCUT2D eigenvalue weighted by Gasteiger charge is -2.30. The van der Waals surface area contributed by atoms with Crippen LogP contribution in [0, 0.1) is 20.8 Å². The molecule has 0 bridgehead atoms. The second kappa shape index (κ2) is 5.94. The Balaban J connectivity index is 2.12. The molecule has 1 aliphatic rings. The number of fused-ring (bicyclic) bond motifs is 1. The summed E-state index contributed by atoms with van der Waals surface area (Å²) in [7, 11) is -3.92. The fraction of sp³-hybridized carbons (Fsp3) is 0.182. The molecule has 3 aromatic rings. The Morgan fingerprint density at radius 1 is 0.815 bits per heavy atom. The van der Waals surface area contributed by atoms with Crippen molar-refractivity contribution in [2.75, 3.05) is 0 Å². The van der Waals surface area contributed by atoms with Crippen LogP contribution in [0.1, 0.15) is 33.4 Å². The zero-order valence-corrected chi connectivity index (χ0v) is 16.2. The summed E-state index contributed by atoms with van der Waals surface area (Å²) in [5.41, 5.74) is 3.52. The van der Waals surface area contributed by atoms with Crippen LogP contribution in [0.15, 0.2) is 65.6 Å². The molecule has 0 fully saturated rings. The van der Waals surface area contributed by atoms with E-state index < -0.39 is 15.7 Å². The zero-order valence-electron chi connectivity index (χ0n) is 15.4. The predicted octanol–water partition coefficient (Wildman–Crippen LogP) is 4.33. The lowest BCUT2D eigenvalue weighted by Crippen LogP contribution is -2.29. The summed E-state index contributed by atoms with van der Waals surface area (Å²) < 4.78 is 31.6. The highest BCUT2D eigenvalue weighted by Crippen LogP contribution is 2.50. The summed E-state index contributed by atoms with van der Waals surface area (Å²) in [6.45, 7) is 5.78. The fourth-order valence-corrected chi connectivity index (χ4v) is 5.07. The lowest BCUT2D eigenvalue weighted by atomic mass is 9.79. The normalized spacial score (nSPS) is 20.4. The van der Waals surface area contributed by atoms with Gasteiger partial charge in [-0.1, -0.05) is 42.5 Å². The van der Waals surface area contributed by atoms with Crippen molar-refractivity contribution in [3.63, 3.8) is 0 Å². The van der Waals surface area contributed by atoms with E-state index in [4.69, 9.17) is 4.18 Å². The van der Waals surface area contributed by atoms with Crippen molar-refractivity contribution in [2.45, 2.75) is 31.3 Å². The van der Waals surface area contributed by atoms with Gasteiger partial charge in [0.1, 0.15) is 10.6 Å². The van der Waals surface area contributed by atoms with Gasteiger partial charge in [-0.15, -0.1) is 0 Å². The lowest BCUT2D eigenvalue weighted by molar-refractivity contribution is 0.180. The third kappa shape index (κ3) is 2.58. The predicted molar refractivity (Wildman–Crippen MR) is 103 cm³/mol. The van der Waals surface area contributed by atoms with Crippen LogP contribution in [-0.4, -0.2) is 13.5 Å². The van der Waals surface area contributed by atoms with E-state index in [1.807, 2.05) is 38.1 Å². The Morgan fingerprint density at radius 3 is 2.11 bits per heavy atom. The van der Waals surface area contributed by atoms with Crippen LogP contribution < -0.4 is 0 Å². The molecule has 5 heteroatoms. The molecule has 138 valence electrons. The molecule has 1 heterocycles. The van der Waals surface area contributed by atoms with E-state index in [-0.39, 0.29) is 10.6 Å². The summed E-state index contributed by atoms with van der Waals surface area (Å²) in [6, 6.07) is 17.8. The Hall–Kier alpha value is -2.63. The molecule has 1 aliphatic heterocycles. The third-order valence-electron chi connectivity index (χ3n) is 5.29. The van der Waals surface area contributed by atoms with Crippen LogP contribution in [0.2, 0.25) is 0 Å². The van der Waals surface area contributed by atoms with Crippen LogP contribution in [0.3, 0.4) is 0 Å². The van der Waals surface area contributed by atoms with Crippen molar-refractivity contribution in [3.05, 3.63) is 94.0 Å². The average Bonchev–Trinajstić information content (AvgIpc) is 2.89. The van der Waals surface area contributed by atoms with E-state index in [1.54, 1.807) is 43.3 Å². The Kier molecular flexibility index (Phi) is 3.91. The maximum absolute atomic E-state index is 12.8. The number of aromatic hydroxyl groups is 1. The van der Waals surface area contributed by atoms with Crippen LogP contribution in [-0.2, 0) is 19.9 Å². The molecular weight excluding hydrogens is 360 g/mol. The fourth-order valence-electron chi connectivity index (χ4n) is 3.64. The highest BCUT2D eigenvalue weighted by Gasteiger charge is 2.51. The molecule has 3 aromatic carbocycles. The van der Waals surface area contributed by atoms with Gasteiger partial charge >= 0.3 is 0 Å². The monoisotopic (exact) mass is 380 g/mol. The van der Waals surface area contributed by atoms with Gasteiger partial charge in [0.15, 0.2) is 5.60 Å². The highest BCUT2D eigenvalue weighted by molar-refractivity contribution is 7.87.